The number of benzene rings is 3. The molecule has 0 radical (unpaired) electrons. The third kappa shape index (κ3) is 4.53. The van der Waals surface area contributed by atoms with Crippen LogP contribution in [0.15, 0.2) is 84.6 Å². The number of hydrogen-bond donors (Lipinski definition) is 1. The minimum absolute atomic E-state index is 0.129. The lowest BCUT2D eigenvalue weighted by molar-refractivity contribution is -0.137. The number of nitrogens with zero attached hydrogens (tertiary/aromatic N) is 2. The van der Waals surface area contributed by atoms with Crippen LogP contribution >= 0.6 is 0 Å². The quantitative estimate of drug-likeness (QED) is 0.464. The number of rotatable bonds is 9. The number of amides is 2. The van der Waals surface area contributed by atoms with Crippen molar-refractivity contribution in [3.63, 3.8) is 0 Å². The third-order valence-electron chi connectivity index (χ3n) is 6.02. The zero-order valence-electron chi connectivity index (χ0n) is 19.7. The highest BCUT2D eigenvalue weighted by Gasteiger charge is 2.39. The van der Waals surface area contributed by atoms with E-state index in [-0.39, 0.29) is 24.1 Å². The fourth-order valence-corrected chi connectivity index (χ4v) is 4.20. The molecule has 0 saturated heterocycles. The zero-order valence-corrected chi connectivity index (χ0v) is 19.7. The maximum absolute atomic E-state index is 13.5. The number of para-hydroxylation sites is 1. The van der Waals surface area contributed by atoms with Crippen LogP contribution in [0.2, 0.25) is 0 Å². The van der Waals surface area contributed by atoms with Crippen molar-refractivity contribution >= 4 is 28.8 Å². The Kier molecular flexibility index (Phi) is 6.97. The van der Waals surface area contributed by atoms with Crippen molar-refractivity contribution in [3.05, 3.63) is 95.7 Å². The molecule has 0 atom stereocenters. The highest BCUT2D eigenvalue weighted by atomic mass is 16.5. The normalized spacial score (nSPS) is 13.4. The summed E-state index contributed by atoms with van der Waals surface area (Å²) in [4.78, 5) is 30.5. The van der Waals surface area contributed by atoms with E-state index < -0.39 is 0 Å². The Morgan fingerprint density at radius 3 is 2.12 bits per heavy atom. The van der Waals surface area contributed by atoms with Crippen LogP contribution in [0.25, 0.3) is 5.57 Å². The third-order valence-corrected chi connectivity index (χ3v) is 6.02. The molecule has 1 aliphatic rings. The molecule has 6 heteroatoms. The topological polar surface area (TPSA) is 61.9 Å². The molecule has 3 aromatic carbocycles. The summed E-state index contributed by atoms with van der Waals surface area (Å²) in [6, 6.07) is 24.6. The van der Waals surface area contributed by atoms with Crippen LogP contribution in [0, 0.1) is 0 Å². The van der Waals surface area contributed by atoms with Crippen LogP contribution in [0.3, 0.4) is 0 Å². The van der Waals surface area contributed by atoms with Crippen molar-refractivity contribution in [2.24, 2.45) is 0 Å². The predicted molar refractivity (Wildman–Crippen MR) is 136 cm³/mol. The van der Waals surface area contributed by atoms with E-state index in [0.29, 0.717) is 16.9 Å². The van der Waals surface area contributed by atoms with Crippen molar-refractivity contribution < 1.29 is 14.3 Å². The molecular weight excluding hydrogens is 426 g/mol. The Hall–Kier alpha value is -4.06. The number of hydrogen-bond acceptors (Lipinski definition) is 5. The van der Waals surface area contributed by atoms with Gasteiger partial charge in [-0.05, 0) is 49.7 Å². The molecule has 1 aliphatic heterocycles. The van der Waals surface area contributed by atoms with E-state index in [1.54, 1.807) is 7.11 Å². The highest BCUT2D eigenvalue weighted by Crippen LogP contribution is 2.33. The van der Waals surface area contributed by atoms with Gasteiger partial charge in [0, 0.05) is 30.0 Å². The summed E-state index contributed by atoms with van der Waals surface area (Å²) in [7, 11) is 1.58. The monoisotopic (exact) mass is 455 g/mol. The van der Waals surface area contributed by atoms with E-state index in [4.69, 9.17) is 4.74 Å². The van der Waals surface area contributed by atoms with Gasteiger partial charge in [0.2, 0.25) is 0 Å². The molecule has 0 fully saturated rings. The summed E-state index contributed by atoms with van der Waals surface area (Å²) >= 11 is 0. The average molecular weight is 456 g/mol. The molecule has 4 rings (SSSR count). The van der Waals surface area contributed by atoms with Crippen LogP contribution in [0.1, 0.15) is 25.0 Å². The first-order valence-electron chi connectivity index (χ1n) is 11.5. The van der Waals surface area contributed by atoms with Gasteiger partial charge in [0.05, 0.1) is 19.2 Å². The van der Waals surface area contributed by atoms with Gasteiger partial charge in [-0.25, -0.2) is 0 Å². The fourth-order valence-electron chi connectivity index (χ4n) is 4.20. The Bertz CT molecular complexity index is 1200. The van der Waals surface area contributed by atoms with E-state index in [9.17, 15) is 9.59 Å². The largest absolute Gasteiger partial charge is 0.496 e. The van der Waals surface area contributed by atoms with E-state index in [1.165, 1.54) is 4.90 Å². The minimum atomic E-state index is -0.359. The molecule has 0 aliphatic carbocycles. The number of methoxy groups -OCH3 is 1. The Morgan fingerprint density at radius 2 is 1.47 bits per heavy atom. The van der Waals surface area contributed by atoms with Crippen molar-refractivity contribution in [1.29, 1.82) is 0 Å². The van der Waals surface area contributed by atoms with Crippen LogP contribution in [0.4, 0.5) is 11.4 Å². The van der Waals surface area contributed by atoms with Gasteiger partial charge in [-0.3, -0.25) is 14.5 Å². The smallest absolute Gasteiger partial charge is 0.278 e. The summed E-state index contributed by atoms with van der Waals surface area (Å²) in [5.74, 6) is -0.0512. The number of carbonyl (C=O) groups excluding carboxylic acids is 2. The van der Waals surface area contributed by atoms with Crippen LogP contribution in [0.5, 0.6) is 5.75 Å². The summed E-state index contributed by atoms with van der Waals surface area (Å²) in [6.07, 6.45) is 0. The lowest BCUT2D eigenvalue weighted by atomic mass is 10.0. The summed E-state index contributed by atoms with van der Waals surface area (Å²) < 4.78 is 5.43. The molecule has 174 valence electrons. The van der Waals surface area contributed by atoms with Gasteiger partial charge in [-0.2, -0.15) is 0 Å². The second-order valence-corrected chi connectivity index (χ2v) is 7.97. The van der Waals surface area contributed by atoms with Crippen molar-refractivity contribution in [3.8, 4) is 5.75 Å². The number of nitrogens with one attached hydrogen (secondary N) is 1. The Labute approximate surface area is 200 Å². The molecule has 0 saturated carbocycles. The summed E-state index contributed by atoms with van der Waals surface area (Å²) in [5, 5.41) is 3.23. The van der Waals surface area contributed by atoms with Gasteiger partial charge in [-0.15, -0.1) is 0 Å². The van der Waals surface area contributed by atoms with Gasteiger partial charge in [0.1, 0.15) is 11.4 Å². The predicted octanol–water partition coefficient (Wildman–Crippen LogP) is 4.93. The molecule has 6 nitrogen and oxygen atoms in total. The molecule has 1 heterocycles. The lowest BCUT2D eigenvalue weighted by Crippen LogP contribution is -2.32. The summed E-state index contributed by atoms with van der Waals surface area (Å²) in [6.45, 7) is 6.19. The molecule has 2 amide bonds. The number of ether oxygens (including phenoxy) is 1. The highest BCUT2D eigenvalue weighted by molar-refractivity contribution is 6.36. The van der Waals surface area contributed by atoms with Crippen molar-refractivity contribution in [2.75, 3.05) is 30.4 Å². The molecule has 34 heavy (non-hydrogen) atoms. The molecule has 0 bridgehead atoms. The average Bonchev–Trinajstić information content (AvgIpc) is 3.10. The van der Waals surface area contributed by atoms with Crippen LogP contribution in [-0.4, -0.2) is 36.9 Å². The van der Waals surface area contributed by atoms with Gasteiger partial charge >= 0.3 is 0 Å². The van der Waals surface area contributed by atoms with Crippen LogP contribution in [-0.2, 0) is 16.1 Å². The van der Waals surface area contributed by atoms with E-state index in [0.717, 1.165) is 30.0 Å². The van der Waals surface area contributed by atoms with Gasteiger partial charge in [-0.1, -0.05) is 48.5 Å². The molecule has 0 aromatic heterocycles. The van der Waals surface area contributed by atoms with Crippen molar-refractivity contribution in [1.82, 2.24) is 4.90 Å². The maximum Gasteiger partial charge on any atom is 0.278 e. The Morgan fingerprint density at radius 1 is 0.824 bits per heavy atom. The molecule has 3 aromatic rings. The first-order valence-corrected chi connectivity index (χ1v) is 11.5. The standard InChI is InChI=1S/C28H29N3O3/c1-4-30(5-2)23-17-15-22(16-18-23)29-26-25(20-11-7-6-8-12-20)27(32)31(28(26)33)19-21-13-9-10-14-24(21)34-3/h6-18,29H,4-5,19H2,1-3H3. The minimum Gasteiger partial charge on any atom is -0.496 e. The number of anilines is 2. The zero-order chi connectivity index (χ0) is 24.1. The SMILES string of the molecule is CCN(CC)c1ccc(NC2=C(c3ccccc3)C(=O)N(Cc3ccccc3OC)C2=O)cc1. The molecule has 0 spiro atoms. The van der Waals surface area contributed by atoms with Crippen LogP contribution < -0.4 is 15.0 Å². The first-order chi connectivity index (χ1) is 16.6. The Balaban J connectivity index is 1.68. The second-order valence-electron chi connectivity index (χ2n) is 7.97. The fraction of sp³-hybridized carbons (Fsp3) is 0.214. The van der Waals surface area contributed by atoms with Gasteiger partial charge < -0.3 is 15.0 Å². The molecule has 0 unspecified atom stereocenters. The van der Waals surface area contributed by atoms with Crippen molar-refractivity contribution in [2.45, 2.75) is 20.4 Å². The van der Waals surface area contributed by atoms with E-state index in [1.807, 2.05) is 78.9 Å². The van der Waals surface area contributed by atoms with E-state index >= 15 is 0 Å². The van der Waals surface area contributed by atoms with Gasteiger partial charge in [0.25, 0.3) is 11.8 Å². The number of imide groups is 1. The second kappa shape index (κ2) is 10.3. The first kappa shape index (κ1) is 23.1. The molecular formula is C28H29N3O3. The van der Waals surface area contributed by atoms with E-state index in [2.05, 4.69) is 24.1 Å². The number of carbonyl (C=O) groups is 2. The molecule has 1 N–H and O–H groups in total. The summed E-state index contributed by atoms with van der Waals surface area (Å²) in [5.41, 5.74) is 3.98. The van der Waals surface area contributed by atoms with Gasteiger partial charge in [0.15, 0.2) is 0 Å². The lowest BCUT2D eigenvalue weighted by Gasteiger charge is -2.21. The maximum atomic E-state index is 13.5.